The second-order valence-electron chi connectivity index (χ2n) is 11.2. The number of allylic oxidation sites excluding steroid dienone is 5. The second-order valence-corrected chi connectivity index (χ2v) is 11.2. The molecule has 42 heavy (non-hydrogen) atoms. The van der Waals surface area contributed by atoms with Gasteiger partial charge in [0.05, 0.1) is 32.4 Å². The van der Waals surface area contributed by atoms with Gasteiger partial charge in [0.2, 0.25) is 11.6 Å². The maximum Gasteiger partial charge on any atom is 0.333 e. The Bertz CT molecular complexity index is 1550. The smallest absolute Gasteiger partial charge is 0.333 e. The number of carbonyl (C=O) groups excluding carboxylic acids is 5. The number of hydrogen-bond donors (Lipinski definition) is 0. The van der Waals surface area contributed by atoms with Gasteiger partial charge in [0.25, 0.3) is 0 Å². The Labute approximate surface area is 243 Å². The highest BCUT2D eigenvalue weighted by molar-refractivity contribution is 6.26. The Hall–Kier alpha value is -4.14. The maximum absolute atomic E-state index is 13.8. The lowest BCUT2D eigenvalue weighted by Crippen LogP contribution is -2.74. The Morgan fingerprint density at radius 1 is 0.929 bits per heavy atom. The average molecular weight is 576 g/mol. The number of nitrogens with zero attached hydrogens (tertiary/aromatic N) is 3. The third-order valence-electron chi connectivity index (χ3n) is 9.34. The van der Waals surface area contributed by atoms with Crippen LogP contribution < -0.4 is 0 Å². The van der Waals surface area contributed by atoms with E-state index in [1.807, 2.05) is 9.80 Å². The molecule has 0 N–H and O–H groups in total. The van der Waals surface area contributed by atoms with Crippen LogP contribution in [0.3, 0.4) is 0 Å². The van der Waals surface area contributed by atoms with Crippen molar-refractivity contribution in [2.45, 2.75) is 70.7 Å². The van der Waals surface area contributed by atoms with E-state index >= 15 is 0 Å². The van der Waals surface area contributed by atoms with Gasteiger partial charge in [-0.05, 0) is 47.6 Å². The van der Waals surface area contributed by atoms with Crippen LogP contribution in [0.25, 0.3) is 0 Å². The van der Waals surface area contributed by atoms with Gasteiger partial charge in [0, 0.05) is 51.1 Å². The third-order valence-corrected chi connectivity index (χ3v) is 9.34. The molecule has 5 rings (SSSR count). The van der Waals surface area contributed by atoms with Crippen LogP contribution in [-0.2, 0) is 38.2 Å². The summed E-state index contributed by atoms with van der Waals surface area (Å²) in [6, 6.07) is -1.35. The fourth-order valence-electron chi connectivity index (χ4n) is 7.16. The van der Waals surface area contributed by atoms with Gasteiger partial charge in [-0.25, -0.2) is 4.79 Å². The number of nitriles is 1. The van der Waals surface area contributed by atoms with Gasteiger partial charge in [-0.1, -0.05) is 6.08 Å². The first kappa shape index (κ1) is 29.4. The second kappa shape index (κ2) is 10.6. The number of esters is 1. The van der Waals surface area contributed by atoms with Crippen molar-refractivity contribution < 1.29 is 38.2 Å². The zero-order valence-electron chi connectivity index (χ0n) is 24.7. The lowest BCUT2D eigenvalue weighted by molar-refractivity contribution is -0.143. The summed E-state index contributed by atoms with van der Waals surface area (Å²) in [7, 11) is 4.45. The molecule has 5 aliphatic rings. The van der Waals surface area contributed by atoms with Gasteiger partial charge in [-0.2, -0.15) is 5.26 Å². The molecule has 2 aliphatic carbocycles. The summed E-state index contributed by atoms with van der Waals surface area (Å²) < 4.78 is 16.4. The summed E-state index contributed by atoms with van der Waals surface area (Å²) in [5.41, 5.74) is 1.71. The molecule has 5 atom stereocenters. The van der Waals surface area contributed by atoms with Crippen molar-refractivity contribution in [1.29, 1.82) is 5.26 Å². The lowest BCUT2D eigenvalue weighted by atomic mass is 9.67. The van der Waals surface area contributed by atoms with E-state index in [1.165, 1.54) is 21.1 Å². The fraction of sp³-hybridized carbons (Fsp3) is 0.484. The van der Waals surface area contributed by atoms with E-state index in [-0.39, 0.29) is 70.4 Å². The van der Waals surface area contributed by atoms with Crippen molar-refractivity contribution in [3.05, 3.63) is 56.6 Å². The van der Waals surface area contributed by atoms with Crippen LogP contribution in [0.4, 0.5) is 0 Å². The molecule has 220 valence electrons. The van der Waals surface area contributed by atoms with Crippen molar-refractivity contribution in [3.8, 4) is 6.07 Å². The van der Waals surface area contributed by atoms with E-state index in [4.69, 9.17) is 14.2 Å². The van der Waals surface area contributed by atoms with Crippen LogP contribution in [0.5, 0.6) is 0 Å². The molecule has 3 heterocycles. The van der Waals surface area contributed by atoms with E-state index in [0.29, 0.717) is 11.1 Å². The third kappa shape index (κ3) is 3.96. The number of rotatable bonds is 5. The maximum atomic E-state index is 13.8. The molecule has 2 bridgehead atoms. The first-order valence-corrected chi connectivity index (χ1v) is 13.8. The summed E-state index contributed by atoms with van der Waals surface area (Å²) in [6.07, 6.45) is 1.77. The minimum absolute atomic E-state index is 0.0324. The van der Waals surface area contributed by atoms with E-state index < -0.39 is 47.7 Å². The Morgan fingerprint density at radius 2 is 1.45 bits per heavy atom. The molecule has 11 heteroatoms. The number of likely N-dealkylation sites (N-methyl/N-ethyl adjacent to an activating group) is 1. The molecular weight excluding hydrogens is 542 g/mol. The molecule has 0 amide bonds. The van der Waals surface area contributed by atoms with E-state index in [1.54, 1.807) is 33.9 Å². The number of hydrogen-bond acceptors (Lipinski definition) is 11. The predicted molar refractivity (Wildman–Crippen MR) is 147 cm³/mol. The first-order chi connectivity index (χ1) is 19.9. The van der Waals surface area contributed by atoms with Gasteiger partial charge in [0.15, 0.2) is 23.1 Å². The van der Waals surface area contributed by atoms with Crippen molar-refractivity contribution in [1.82, 2.24) is 9.80 Å². The topological polar surface area (TPSA) is 143 Å². The van der Waals surface area contributed by atoms with Crippen LogP contribution in [0.2, 0.25) is 0 Å². The highest BCUT2D eigenvalue weighted by atomic mass is 16.5. The molecule has 0 unspecified atom stereocenters. The van der Waals surface area contributed by atoms with Crippen molar-refractivity contribution in [2.24, 2.45) is 0 Å². The molecule has 11 nitrogen and oxygen atoms in total. The van der Waals surface area contributed by atoms with Gasteiger partial charge < -0.3 is 14.2 Å². The highest BCUT2D eigenvalue weighted by Gasteiger charge is 2.60. The zero-order chi connectivity index (χ0) is 30.8. The minimum Gasteiger partial charge on any atom is -0.492 e. The van der Waals surface area contributed by atoms with Crippen molar-refractivity contribution >= 4 is 29.1 Å². The largest absolute Gasteiger partial charge is 0.492 e. The summed E-state index contributed by atoms with van der Waals surface area (Å²) in [5, 5.41) is 10.5. The van der Waals surface area contributed by atoms with E-state index in [0.717, 1.165) is 0 Å². The summed E-state index contributed by atoms with van der Waals surface area (Å²) in [4.78, 5) is 71.3. The van der Waals surface area contributed by atoms with Crippen LogP contribution >= 0.6 is 0 Å². The molecule has 3 aliphatic heterocycles. The molecule has 1 fully saturated rings. The SMILES string of the molecule is C/C=C(/C)C(=O)OC[C@H]1C2=C(C[C@H]3[C@H]4C5=C(C[C@H]([C@H](C#N)N13)N4C)C(=O)C(C)=C(OC)C5=O)C(=O)C(C)=C(OC)C2=O. The van der Waals surface area contributed by atoms with Crippen LogP contribution in [0.1, 0.15) is 40.5 Å². The van der Waals surface area contributed by atoms with Gasteiger partial charge >= 0.3 is 5.97 Å². The Balaban J connectivity index is 1.71. The number of fused-ring (bicyclic) bond motifs is 5. The van der Waals surface area contributed by atoms with Crippen LogP contribution in [-0.4, -0.2) is 97.0 Å². The standard InChI is InChI=1S/C31H33N3O8/c1-8-13(2)31(39)42-12-21-22-16(25(35)14(3)29(40-6)27(22)37)10-19-24-23-17(26(36)15(4)30(41-7)28(23)38)9-18(33(24)5)20(11-32)34(19)21/h8,18-21,24H,9-10,12H2,1-7H3/b13-8-/t18-,19+,20+,21+,24+/m1/s1. The zero-order valence-corrected chi connectivity index (χ0v) is 24.7. The first-order valence-electron chi connectivity index (χ1n) is 13.8. The number of methoxy groups -OCH3 is 2. The molecule has 0 aromatic rings. The number of carbonyl (C=O) groups is 5. The minimum atomic E-state index is -0.971. The molecule has 0 saturated carbocycles. The Morgan fingerprint density at radius 3 is 1.98 bits per heavy atom. The molecule has 0 spiro atoms. The summed E-state index contributed by atoms with van der Waals surface area (Å²) >= 11 is 0. The van der Waals surface area contributed by atoms with Gasteiger partial charge in [-0.15, -0.1) is 0 Å². The average Bonchev–Trinajstić information content (AvgIpc) is 2.97. The van der Waals surface area contributed by atoms with E-state index in [2.05, 4.69) is 6.07 Å². The van der Waals surface area contributed by atoms with Crippen molar-refractivity contribution in [3.63, 3.8) is 0 Å². The van der Waals surface area contributed by atoms with Gasteiger partial charge in [0.1, 0.15) is 12.6 Å². The fourth-order valence-corrected chi connectivity index (χ4v) is 7.16. The van der Waals surface area contributed by atoms with Crippen LogP contribution in [0.15, 0.2) is 56.6 Å². The van der Waals surface area contributed by atoms with Gasteiger partial charge in [-0.3, -0.25) is 29.0 Å². The number of ketones is 4. The van der Waals surface area contributed by atoms with Crippen LogP contribution in [0, 0.1) is 11.3 Å². The van der Waals surface area contributed by atoms with E-state index in [9.17, 15) is 29.2 Å². The number of Topliss-reactive ketones (excluding diaryl/α,β-unsaturated/α-hetero) is 4. The molecule has 0 aromatic heterocycles. The molecular formula is C31H33N3O8. The summed E-state index contributed by atoms with van der Waals surface area (Å²) in [6.45, 7) is 6.05. The number of ether oxygens (including phenoxy) is 3. The quantitative estimate of drug-likeness (QED) is 0.268. The highest BCUT2D eigenvalue weighted by Crippen LogP contribution is 2.49. The number of piperazine rings is 1. The monoisotopic (exact) mass is 575 g/mol. The molecule has 0 aromatic carbocycles. The Kier molecular flexibility index (Phi) is 7.41. The van der Waals surface area contributed by atoms with Crippen molar-refractivity contribution in [2.75, 3.05) is 27.9 Å². The predicted octanol–water partition coefficient (Wildman–Crippen LogP) is 1.65. The lowest BCUT2D eigenvalue weighted by Gasteiger charge is -2.60. The summed E-state index contributed by atoms with van der Waals surface area (Å²) in [5.74, 6) is -2.32. The normalized spacial score (nSPS) is 30.2. The molecule has 1 saturated heterocycles. The molecule has 0 radical (unpaired) electrons.